The molecule has 1 saturated heterocycles. The van der Waals surface area contributed by atoms with Crippen molar-refractivity contribution in [3.05, 3.63) is 82.0 Å². The fraction of sp³-hybridized carbons (Fsp3) is 0.292. The first kappa shape index (κ1) is 22.2. The summed E-state index contributed by atoms with van der Waals surface area (Å²) in [7, 11) is 0. The molecule has 0 bridgehead atoms. The van der Waals surface area contributed by atoms with E-state index in [1.807, 2.05) is 19.1 Å². The molecule has 1 aromatic carbocycles. The number of ether oxygens (including phenoxy) is 1. The van der Waals surface area contributed by atoms with Gasteiger partial charge in [-0.25, -0.2) is 14.4 Å². The van der Waals surface area contributed by atoms with E-state index in [1.54, 1.807) is 23.2 Å². The molecule has 0 saturated carbocycles. The van der Waals surface area contributed by atoms with Gasteiger partial charge in [0.1, 0.15) is 17.3 Å². The molecule has 1 aliphatic rings. The van der Waals surface area contributed by atoms with Crippen molar-refractivity contribution in [2.75, 3.05) is 13.1 Å². The number of aliphatic hydroxyl groups excluding tert-OH is 1. The summed E-state index contributed by atoms with van der Waals surface area (Å²) in [6, 6.07) is 9.90. The molecule has 8 heteroatoms. The number of benzene rings is 1. The monoisotopic (exact) mass is 455 g/mol. The lowest BCUT2D eigenvalue weighted by molar-refractivity contribution is 0.0785. The highest BCUT2D eigenvalue weighted by Gasteiger charge is 2.30. The molecule has 0 aliphatic carbocycles. The normalized spacial score (nSPS) is 15.8. The Bertz CT molecular complexity index is 1120. The quantitative estimate of drug-likeness (QED) is 0.580. The lowest BCUT2D eigenvalue weighted by atomic mass is 9.93. The molecule has 6 nitrogen and oxygen atoms in total. The van der Waals surface area contributed by atoms with Crippen LogP contribution < -0.4 is 4.74 Å². The molecule has 1 N–H and O–H groups in total. The number of aromatic nitrogens is 2. The Morgan fingerprint density at radius 1 is 1.28 bits per heavy atom. The van der Waals surface area contributed by atoms with Crippen LogP contribution in [0.4, 0.5) is 4.39 Å². The maximum absolute atomic E-state index is 13.1. The molecular weight excluding hydrogens is 433 g/mol. The topological polar surface area (TPSA) is 75.5 Å². The minimum atomic E-state index is -0.477. The zero-order chi connectivity index (χ0) is 22.7. The lowest BCUT2D eigenvalue weighted by Crippen LogP contribution is -2.29. The van der Waals surface area contributed by atoms with E-state index >= 15 is 0 Å². The average Bonchev–Trinajstić information content (AvgIpc) is 3.29. The maximum Gasteiger partial charge on any atom is 0.272 e. The van der Waals surface area contributed by atoms with Crippen molar-refractivity contribution < 1.29 is 19.0 Å². The highest BCUT2D eigenvalue weighted by molar-refractivity contribution is 6.31. The molecule has 1 amide bonds. The first-order valence-electron chi connectivity index (χ1n) is 10.5. The van der Waals surface area contributed by atoms with Crippen LogP contribution in [0.25, 0.3) is 0 Å². The first-order chi connectivity index (χ1) is 15.5. The van der Waals surface area contributed by atoms with Gasteiger partial charge in [0.15, 0.2) is 0 Å². The van der Waals surface area contributed by atoms with Crippen LogP contribution in [0.2, 0.25) is 5.02 Å². The third kappa shape index (κ3) is 4.59. The minimum Gasteiger partial charge on any atom is -0.439 e. The van der Waals surface area contributed by atoms with E-state index < -0.39 is 5.82 Å². The number of hydrogen-bond donors (Lipinski definition) is 1. The Morgan fingerprint density at radius 2 is 2.12 bits per heavy atom. The van der Waals surface area contributed by atoms with Gasteiger partial charge >= 0.3 is 0 Å². The van der Waals surface area contributed by atoms with Gasteiger partial charge in [-0.05, 0) is 54.3 Å². The summed E-state index contributed by atoms with van der Waals surface area (Å²) in [4.78, 5) is 22.6. The van der Waals surface area contributed by atoms with Gasteiger partial charge in [0.2, 0.25) is 5.88 Å². The second kappa shape index (κ2) is 9.63. The van der Waals surface area contributed by atoms with Gasteiger partial charge in [-0.2, -0.15) is 0 Å². The highest BCUT2D eigenvalue weighted by Crippen LogP contribution is 2.34. The standard InChI is InChI=1S/C24H23ClFN3O3/c1-2-19-21(25)7-9-27-23(19)32-18-4-5-20(16(11-18)14-30)15-8-10-29(13-15)24(31)22-6-3-17(26)12-28-22/h3-7,9,11-12,15,30H,2,8,10,13-14H2,1H3. The number of aliphatic hydroxyl groups is 1. The van der Waals surface area contributed by atoms with Crippen LogP contribution in [0, 0.1) is 5.82 Å². The van der Waals surface area contributed by atoms with E-state index in [0.29, 0.717) is 36.2 Å². The zero-order valence-corrected chi connectivity index (χ0v) is 18.3. The Labute approximate surface area is 190 Å². The van der Waals surface area contributed by atoms with Gasteiger partial charge in [0.25, 0.3) is 5.91 Å². The molecule has 32 heavy (non-hydrogen) atoms. The van der Waals surface area contributed by atoms with Crippen LogP contribution in [-0.4, -0.2) is 39.0 Å². The number of carbonyl (C=O) groups is 1. The molecule has 1 unspecified atom stereocenters. The summed E-state index contributed by atoms with van der Waals surface area (Å²) in [6.07, 6.45) is 4.08. The van der Waals surface area contributed by atoms with E-state index in [1.165, 1.54) is 12.1 Å². The number of nitrogens with zero attached hydrogens (tertiary/aromatic N) is 3. The van der Waals surface area contributed by atoms with Crippen LogP contribution >= 0.6 is 11.6 Å². The predicted molar refractivity (Wildman–Crippen MR) is 119 cm³/mol. The maximum atomic E-state index is 13.1. The largest absolute Gasteiger partial charge is 0.439 e. The Morgan fingerprint density at radius 3 is 2.84 bits per heavy atom. The van der Waals surface area contributed by atoms with E-state index in [0.717, 1.165) is 29.3 Å². The van der Waals surface area contributed by atoms with Gasteiger partial charge < -0.3 is 14.7 Å². The van der Waals surface area contributed by atoms with Crippen molar-refractivity contribution in [2.45, 2.75) is 32.3 Å². The molecule has 1 atom stereocenters. The molecule has 166 valence electrons. The number of carbonyl (C=O) groups excluding carboxylic acids is 1. The smallest absolute Gasteiger partial charge is 0.272 e. The molecular formula is C24H23ClFN3O3. The number of amides is 1. The third-order valence-corrected chi connectivity index (χ3v) is 6.03. The molecule has 0 spiro atoms. The lowest BCUT2D eigenvalue weighted by Gasteiger charge is -2.18. The van der Waals surface area contributed by atoms with Crippen molar-refractivity contribution in [2.24, 2.45) is 0 Å². The summed E-state index contributed by atoms with van der Waals surface area (Å²) < 4.78 is 19.1. The summed E-state index contributed by atoms with van der Waals surface area (Å²) >= 11 is 6.24. The molecule has 1 fully saturated rings. The fourth-order valence-corrected chi connectivity index (χ4v) is 4.29. The van der Waals surface area contributed by atoms with Crippen LogP contribution in [0.15, 0.2) is 48.8 Å². The predicted octanol–water partition coefficient (Wildman–Crippen LogP) is 4.75. The summed E-state index contributed by atoms with van der Waals surface area (Å²) in [5.74, 6) is 0.378. The van der Waals surface area contributed by atoms with E-state index in [-0.39, 0.29) is 24.1 Å². The molecule has 1 aliphatic heterocycles. The Balaban J connectivity index is 1.51. The van der Waals surface area contributed by atoms with Gasteiger partial charge in [0, 0.05) is 30.8 Å². The van der Waals surface area contributed by atoms with Gasteiger partial charge in [-0.1, -0.05) is 24.6 Å². The van der Waals surface area contributed by atoms with Gasteiger partial charge in [-0.3, -0.25) is 4.79 Å². The Hall–Kier alpha value is -3.03. The van der Waals surface area contributed by atoms with Crippen molar-refractivity contribution in [3.63, 3.8) is 0 Å². The third-order valence-electron chi connectivity index (χ3n) is 5.67. The second-order valence-electron chi connectivity index (χ2n) is 7.65. The van der Waals surface area contributed by atoms with Crippen LogP contribution in [0.5, 0.6) is 11.6 Å². The number of halogens is 2. The summed E-state index contributed by atoms with van der Waals surface area (Å²) in [6.45, 7) is 2.89. The van der Waals surface area contributed by atoms with E-state index in [4.69, 9.17) is 16.3 Å². The SMILES string of the molecule is CCc1c(Cl)ccnc1Oc1ccc(C2CCN(C(=O)c3ccc(F)cn3)C2)c(CO)c1. The number of hydrogen-bond acceptors (Lipinski definition) is 5. The molecule has 4 rings (SSSR count). The van der Waals surface area contributed by atoms with E-state index in [9.17, 15) is 14.3 Å². The molecule has 3 heterocycles. The number of rotatable bonds is 6. The second-order valence-corrected chi connectivity index (χ2v) is 8.06. The van der Waals surface area contributed by atoms with Crippen molar-refractivity contribution in [3.8, 4) is 11.6 Å². The molecule has 3 aromatic rings. The average molecular weight is 456 g/mol. The van der Waals surface area contributed by atoms with E-state index in [2.05, 4.69) is 9.97 Å². The van der Waals surface area contributed by atoms with Crippen molar-refractivity contribution in [1.29, 1.82) is 0 Å². The van der Waals surface area contributed by atoms with Gasteiger partial charge in [0.05, 0.1) is 17.8 Å². The minimum absolute atomic E-state index is 0.0751. The first-order valence-corrected chi connectivity index (χ1v) is 10.8. The number of pyridine rings is 2. The van der Waals surface area contributed by atoms with Crippen LogP contribution in [-0.2, 0) is 13.0 Å². The number of likely N-dealkylation sites (tertiary alicyclic amines) is 1. The fourth-order valence-electron chi connectivity index (χ4n) is 4.01. The molecule has 2 aromatic heterocycles. The highest BCUT2D eigenvalue weighted by atomic mass is 35.5. The van der Waals surface area contributed by atoms with Crippen molar-refractivity contribution in [1.82, 2.24) is 14.9 Å². The van der Waals surface area contributed by atoms with Crippen LogP contribution in [0.1, 0.15) is 46.4 Å². The zero-order valence-electron chi connectivity index (χ0n) is 17.6. The summed E-state index contributed by atoms with van der Waals surface area (Å²) in [5.41, 5.74) is 2.75. The summed E-state index contributed by atoms with van der Waals surface area (Å²) in [5, 5.41) is 10.6. The van der Waals surface area contributed by atoms with Crippen molar-refractivity contribution >= 4 is 17.5 Å². The van der Waals surface area contributed by atoms with Gasteiger partial charge in [-0.15, -0.1) is 0 Å². The van der Waals surface area contributed by atoms with Crippen LogP contribution in [0.3, 0.4) is 0 Å². The molecule has 0 radical (unpaired) electrons. The Kier molecular flexibility index (Phi) is 6.67.